The molecule has 0 saturated heterocycles. The first-order valence-electron chi connectivity index (χ1n) is 10.1. The van der Waals surface area contributed by atoms with Gasteiger partial charge in [0.15, 0.2) is 0 Å². The molecule has 0 aliphatic carbocycles. The number of carbonyl (C=O) groups is 1. The van der Waals surface area contributed by atoms with Gasteiger partial charge < -0.3 is 15.0 Å². The zero-order chi connectivity index (χ0) is 21.8. The minimum Gasteiger partial charge on any atom is -0.497 e. The molecule has 166 valence electrons. The van der Waals surface area contributed by atoms with Crippen molar-refractivity contribution < 1.29 is 13.9 Å². The molecule has 1 atom stereocenters. The van der Waals surface area contributed by atoms with Crippen LogP contribution in [0.3, 0.4) is 0 Å². The number of methoxy groups -OCH3 is 1. The van der Waals surface area contributed by atoms with Crippen molar-refractivity contribution in [2.45, 2.75) is 6.04 Å². The standard InChI is InChI=1S/C25H24FN3O2.ClH/c1-29-18(16-28-25(30)17-8-7-9-19(14-17)31-2)15-27-24(20-10-3-5-12-22(20)26)21-11-4-6-13-23(21)29;/h3-14,18H,15-16H2,1-2H3,(H,28,30);1H. The number of carbonyl (C=O) groups excluding carboxylic acids is 1. The van der Waals surface area contributed by atoms with Gasteiger partial charge in [0.2, 0.25) is 0 Å². The molecule has 0 aromatic heterocycles. The molecular formula is C25H25ClFN3O2. The minimum absolute atomic E-state index is 0. The molecule has 1 amide bonds. The summed E-state index contributed by atoms with van der Waals surface area (Å²) in [6, 6.07) is 21.4. The number of nitrogens with zero attached hydrogens (tertiary/aromatic N) is 2. The first-order chi connectivity index (χ1) is 15.1. The second kappa shape index (κ2) is 10.3. The number of amides is 1. The topological polar surface area (TPSA) is 53.9 Å². The number of anilines is 1. The molecule has 1 unspecified atom stereocenters. The zero-order valence-electron chi connectivity index (χ0n) is 17.9. The summed E-state index contributed by atoms with van der Waals surface area (Å²) < 4.78 is 19.7. The maximum absolute atomic E-state index is 14.5. The molecule has 1 N–H and O–H groups in total. The van der Waals surface area contributed by atoms with Gasteiger partial charge in [-0.05, 0) is 36.4 Å². The number of para-hydroxylation sites is 1. The van der Waals surface area contributed by atoms with Crippen LogP contribution in [0.15, 0.2) is 77.8 Å². The maximum Gasteiger partial charge on any atom is 0.251 e. The lowest BCUT2D eigenvalue weighted by Crippen LogP contribution is -2.43. The Balaban J connectivity index is 0.00000289. The Labute approximate surface area is 193 Å². The molecule has 0 bridgehead atoms. The summed E-state index contributed by atoms with van der Waals surface area (Å²) in [6.45, 7) is 0.822. The molecule has 5 nitrogen and oxygen atoms in total. The van der Waals surface area contributed by atoms with E-state index >= 15 is 0 Å². The Morgan fingerprint density at radius 2 is 1.81 bits per heavy atom. The maximum atomic E-state index is 14.5. The number of benzodiazepines with no additional fused rings is 1. The molecule has 4 rings (SSSR count). The molecule has 7 heteroatoms. The van der Waals surface area contributed by atoms with E-state index in [-0.39, 0.29) is 30.2 Å². The Hall–Kier alpha value is -3.38. The van der Waals surface area contributed by atoms with Gasteiger partial charge in [-0.15, -0.1) is 12.4 Å². The number of rotatable bonds is 5. The highest BCUT2D eigenvalue weighted by atomic mass is 35.5. The van der Waals surface area contributed by atoms with Crippen LogP contribution < -0.4 is 15.0 Å². The van der Waals surface area contributed by atoms with Crippen molar-refractivity contribution in [2.75, 3.05) is 32.1 Å². The molecule has 3 aromatic rings. The highest BCUT2D eigenvalue weighted by Gasteiger charge is 2.25. The van der Waals surface area contributed by atoms with E-state index in [0.29, 0.717) is 35.7 Å². The summed E-state index contributed by atoms with van der Waals surface area (Å²) in [4.78, 5) is 19.5. The summed E-state index contributed by atoms with van der Waals surface area (Å²) in [5, 5.41) is 3.00. The van der Waals surface area contributed by atoms with Gasteiger partial charge in [-0.1, -0.05) is 36.4 Å². The SMILES string of the molecule is COc1cccc(C(=O)NCC2CN=C(c3ccccc3F)c3ccccc3N2C)c1.Cl. The number of hydrogen-bond acceptors (Lipinski definition) is 4. The fourth-order valence-corrected chi connectivity index (χ4v) is 3.74. The van der Waals surface area contributed by atoms with E-state index in [1.54, 1.807) is 43.5 Å². The highest BCUT2D eigenvalue weighted by Crippen LogP contribution is 2.28. The van der Waals surface area contributed by atoms with Gasteiger partial charge in [0.1, 0.15) is 11.6 Å². The lowest BCUT2D eigenvalue weighted by atomic mass is 10.00. The van der Waals surface area contributed by atoms with E-state index < -0.39 is 0 Å². The largest absolute Gasteiger partial charge is 0.497 e. The molecule has 0 fully saturated rings. The molecule has 32 heavy (non-hydrogen) atoms. The van der Waals surface area contributed by atoms with E-state index in [4.69, 9.17) is 9.73 Å². The molecule has 0 spiro atoms. The monoisotopic (exact) mass is 453 g/mol. The molecule has 1 heterocycles. The van der Waals surface area contributed by atoms with Crippen LogP contribution in [0.2, 0.25) is 0 Å². The average molecular weight is 454 g/mol. The third-order valence-electron chi connectivity index (χ3n) is 5.51. The number of fused-ring (bicyclic) bond motifs is 1. The Bertz CT molecular complexity index is 1140. The number of benzene rings is 3. The van der Waals surface area contributed by atoms with Crippen LogP contribution in [0.4, 0.5) is 10.1 Å². The zero-order valence-corrected chi connectivity index (χ0v) is 18.7. The van der Waals surface area contributed by atoms with Crippen molar-refractivity contribution in [2.24, 2.45) is 4.99 Å². The third-order valence-corrected chi connectivity index (χ3v) is 5.51. The van der Waals surface area contributed by atoms with Crippen LogP contribution in [-0.4, -0.2) is 44.9 Å². The van der Waals surface area contributed by atoms with Crippen molar-refractivity contribution in [3.05, 3.63) is 95.3 Å². The lowest BCUT2D eigenvalue weighted by molar-refractivity contribution is 0.0951. The predicted octanol–water partition coefficient (Wildman–Crippen LogP) is 4.34. The lowest BCUT2D eigenvalue weighted by Gasteiger charge is -2.28. The van der Waals surface area contributed by atoms with Gasteiger partial charge in [0.05, 0.1) is 25.4 Å². The van der Waals surface area contributed by atoms with Gasteiger partial charge in [-0.25, -0.2) is 4.39 Å². The first kappa shape index (κ1) is 23.3. The minimum atomic E-state index is -0.302. The smallest absolute Gasteiger partial charge is 0.251 e. The van der Waals surface area contributed by atoms with E-state index in [0.717, 1.165) is 11.3 Å². The fraction of sp³-hybridized carbons (Fsp3) is 0.200. The van der Waals surface area contributed by atoms with Crippen molar-refractivity contribution in [1.82, 2.24) is 5.32 Å². The van der Waals surface area contributed by atoms with Crippen LogP contribution in [0, 0.1) is 5.82 Å². The molecule has 3 aromatic carbocycles. The quantitative estimate of drug-likeness (QED) is 0.625. The number of nitrogens with one attached hydrogen (secondary N) is 1. The molecule has 0 radical (unpaired) electrons. The first-order valence-corrected chi connectivity index (χ1v) is 10.1. The predicted molar refractivity (Wildman–Crippen MR) is 128 cm³/mol. The van der Waals surface area contributed by atoms with Crippen molar-refractivity contribution in [3.8, 4) is 5.75 Å². The summed E-state index contributed by atoms with van der Waals surface area (Å²) in [7, 11) is 3.54. The van der Waals surface area contributed by atoms with Gasteiger partial charge in [-0.3, -0.25) is 9.79 Å². The normalized spacial score (nSPS) is 15.0. The molecule has 0 saturated carbocycles. The van der Waals surface area contributed by atoms with Gasteiger partial charge in [0, 0.05) is 36.0 Å². The number of hydrogen-bond donors (Lipinski definition) is 1. The van der Waals surface area contributed by atoms with Crippen LogP contribution in [0.25, 0.3) is 0 Å². The van der Waals surface area contributed by atoms with Crippen LogP contribution >= 0.6 is 12.4 Å². The Kier molecular flexibility index (Phi) is 7.49. The van der Waals surface area contributed by atoms with Gasteiger partial charge in [-0.2, -0.15) is 0 Å². The number of ether oxygens (including phenoxy) is 1. The number of halogens is 2. The Morgan fingerprint density at radius 3 is 2.56 bits per heavy atom. The van der Waals surface area contributed by atoms with Crippen molar-refractivity contribution in [1.29, 1.82) is 0 Å². The summed E-state index contributed by atoms with van der Waals surface area (Å²) in [5.74, 6) is 0.152. The van der Waals surface area contributed by atoms with Crippen LogP contribution in [0.5, 0.6) is 5.75 Å². The second-order valence-corrected chi connectivity index (χ2v) is 7.39. The van der Waals surface area contributed by atoms with E-state index in [1.807, 2.05) is 37.4 Å². The third kappa shape index (κ3) is 4.75. The molecule has 1 aliphatic rings. The molecular weight excluding hydrogens is 429 g/mol. The average Bonchev–Trinajstić information content (AvgIpc) is 2.94. The highest BCUT2D eigenvalue weighted by molar-refractivity contribution is 6.16. The number of likely N-dealkylation sites (N-methyl/N-ethyl adjacent to an activating group) is 1. The summed E-state index contributed by atoms with van der Waals surface area (Å²) in [5.41, 5.74) is 3.46. The van der Waals surface area contributed by atoms with Crippen molar-refractivity contribution in [3.63, 3.8) is 0 Å². The second-order valence-electron chi connectivity index (χ2n) is 7.39. The van der Waals surface area contributed by atoms with Gasteiger partial charge in [0.25, 0.3) is 5.91 Å². The van der Waals surface area contributed by atoms with E-state index in [2.05, 4.69) is 10.2 Å². The van der Waals surface area contributed by atoms with Crippen LogP contribution in [-0.2, 0) is 0 Å². The summed E-state index contributed by atoms with van der Waals surface area (Å²) in [6.07, 6.45) is 0. The van der Waals surface area contributed by atoms with Gasteiger partial charge >= 0.3 is 0 Å². The number of aliphatic imine (C=N–C) groups is 1. The Morgan fingerprint density at radius 1 is 1.09 bits per heavy atom. The van der Waals surface area contributed by atoms with E-state index in [9.17, 15) is 9.18 Å². The van der Waals surface area contributed by atoms with Crippen LogP contribution in [0.1, 0.15) is 21.5 Å². The summed E-state index contributed by atoms with van der Waals surface area (Å²) >= 11 is 0. The van der Waals surface area contributed by atoms with E-state index in [1.165, 1.54) is 6.07 Å². The molecule has 1 aliphatic heterocycles. The van der Waals surface area contributed by atoms with Crippen molar-refractivity contribution >= 4 is 29.7 Å². The fourth-order valence-electron chi connectivity index (χ4n) is 3.74.